The van der Waals surface area contributed by atoms with E-state index in [1.54, 1.807) is 26.4 Å². The molecule has 0 unspecified atom stereocenters. The van der Waals surface area contributed by atoms with Crippen molar-refractivity contribution >= 4 is 17.4 Å². The molecule has 0 aromatic heterocycles. The molecule has 0 radical (unpaired) electrons. The van der Waals surface area contributed by atoms with Crippen molar-refractivity contribution in [2.45, 2.75) is 31.1 Å². The summed E-state index contributed by atoms with van der Waals surface area (Å²) >= 11 is 0. The molecule has 2 aliphatic rings. The molecule has 1 amide bonds. The minimum atomic E-state index is -0.471. The predicted molar refractivity (Wildman–Crippen MR) is 112 cm³/mol. The number of hydrogen-bond donors (Lipinski definition) is 1. The second kappa shape index (κ2) is 8.22. The first-order chi connectivity index (χ1) is 14.9. The second-order valence-electron chi connectivity index (χ2n) is 7.69. The predicted octanol–water partition coefficient (Wildman–Crippen LogP) is 3.62. The molecule has 0 bridgehead atoms. The molecule has 1 N–H and O–H groups in total. The third-order valence-corrected chi connectivity index (χ3v) is 5.92. The number of ketones is 1. The van der Waals surface area contributed by atoms with Crippen LogP contribution >= 0.6 is 0 Å². The van der Waals surface area contributed by atoms with Gasteiger partial charge in [-0.1, -0.05) is 18.2 Å². The first kappa shape index (κ1) is 20.6. The molecule has 1 aliphatic heterocycles. The van der Waals surface area contributed by atoms with E-state index in [1.807, 2.05) is 18.2 Å². The largest absolute Gasteiger partial charge is 0.493 e. The number of methoxy groups -OCH3 is 2. The fourth-order valence-electron chi connectivity index (χ4n) is 4.42. The van der Waals surface area contributed by atoms with Gasteiger partial charge in [0.15, 0.2) is 17.3 Å². The number of carbonyl (C=O) groups is 2. The number of ether oxygens (including phenoxy) is 2. The molecule has 0 saturated heterocycles. The van der Waals surface area contributed by atoms with Crippen LogP contribution in [0.25, 0.3) is 0 Å². The van der Waals surface area contributed by atoms with E-state index in [0.717, 1.165) is 11.1 Å². The van der Waals surface area contributed by atoms with Gasteiger partial charge < -0.3 is 14.8 Å². The van der Waals surface area contributed by atoms with Crippen molar-refractivity contribution in [3.63, 3.8) is 0 Å². The number of amides is 1. The summed E-state index contributed by atoms with van der Waals surface area (Å²) in [5, 5.41) is 13.8. The maximum atomic E-state index is 13.2. The average molecular weight is 422 g/mol. The highest BCUT2D eigenvalue weighted by Crippen LogP contribution is 2.43. The van der Waals surface area contributed by atoms with Crippen LogP contribution in [0.1, 0.15) is 42.2 Å². The number of nitrogens with zero attached hydrogens (tertiary/aromatic N) is 1. The van der Waals surface area contributed by atoms with Crippen molar-refractivity contribution in [1.82, 2.24) is 5.32 Å². The van der Waals surface area contributed by atoms with Crippen molar-refractivity contribution in [3.8, 4) is 11.5 Å². The molecule has 160 valence electrons. The quantitative estimate of drug-likeness (QED) is 0.582. The third-order valence-electron chi connectivity index (χ3n) is 5.92. The molecule has 8 heteroatoms. The summed E-state index contributed by atoms with van der Waals surface area (Å²) in [4.78, 5) is 36.1. The normalized spacial score (nSPS) is 20.7. The number of carbonyl (C=O) groups excluding carboxylic acids is 2. The summed E-state index contributed by atoms with van der Waals surface area (Å²) in [6, 6.07) is 11.6. The monoisotopic (exact) mass is 422 g/mol. The van der Waals surface area contributed by atoms with Gasteiger partial charge in [0.1, 0.15) is 0 Å². The van der Waals surface area contributed by atoms with Gasteiger partial charge in [0.05, 0.1) is 19.1 Å². The molecule has 0 spiro atoms. The van der Waals surface area contributed by atoms with E-state index in [1.165, 1.54) is 12.1 Å². The van der Waals surface area contributed by atoms with Crippen LogP contribution in [0.15, 0.2) is 53.7 Å². The lowest BCUT2D eigenvalue weighted by Gasteiger charge is -2.34. The van der Waals surface area contributed by atoms with Gasteiger partial charge in [-0.25, -0.2) is 0 Å². The molecular weight excluding hydrogens is 400 g/mol. The lowest BCUT2D eigenvalue weighted by Crippen LogP contribution is -2.38. The molecule has 8 nitrogen and oxygen atoms in total. The van der Waals surface area contributed by atoms with E-state index in [0.29, 0.717) is 35.6 Å². The first-order valence-corrected chi connectivity index (χ1v) is 9.93. The van der Waals surface area contributed by atoms with Gasteiger partial charge >= 0.3 is 0 Å². The Morgan fingerprint density at radius 1 is 0.935 bits per heavy atom. The molecule has 2 aromatic carbocycles. The maximum Gasteiger partial charge on any atom is 0.269 e. The Bertz CT molecular complexity index is 1090. The number of benzene rings is 2. The fourth-order valence-corrected chi connectivity index (χ4v) is 4.42. The van der Waals surface area contributed by atoms with Gasteiger partial charge in [-0.05, 0) is 35.6 Å². The fraction of sp³-hybridized carbons (Fsp3) is 0.304. The zero-order chi connectivity index (χ0) is 22.1. The number of allylic oxidation sites excluding steroid dienone is 2. The highest BCUT2D eigenvalue weighted by molar-refractivity contribution is 6.02. The van der Waals surface area contributed by atoms with Gasteiger partial charge in [-0.15, -0.1) is 0 Å². The number of nitro benzene ring substituents is 1. The number of non-ortho nitro benzene ring substituents is 1. The van der Waals surface area contributed by atoms with Gasteiger partial charge in [0.2, 0.25) is 5.91 Å². The van der Waals surface area contributed by atoms with Crippen LogP contribution in [-0.4, -0.2) is 30.8 Å². The van der Waals surface area contributed by atoms with Crippen LogP contribution in [0.3, 0.4) is 0 Å². The zero-order valence-electron chi connectivity index (χ0n) is 17.2. The Kier molecular flexibility index (Phi) is 5.46. The molecule has 1 aliphatic carbocycles. The van der Waals surface area contributed by atoms with Gasteiger partial charge in [0.25, 0.3) is 5.69 Å². The molecule has 31 heavy (non-hydrogen) atoms. The van der Waals surface area contributed by atoms with Gasteiger partial charge in [-0.3, -0.25) is 19.7 Å². The molecule has 2 aromatic rings. The Morgan fingerprint density at radius 3 is 2.26 bits per heavy atom. The highest BCUT2D eigenvalue weighted by Gasteiger charge is 2.38. The van der Waals surface area contributed by atoms with Crippen LogP contribution in [0, 0.1) is 10.1 Å². The van der Waals surface area contributed by atoms with Crippen LogP contribution in [-0.2, 0) is 9.59 Å². The third kappa shape index (κ3) is 3.88. The summed E-state index contributed by atoms with van der Waals surface area (Å²) in [6.07, 6.45) is 0.975. The summed E-state index contributed by atoms with van der Waals surface area (Å²) in [5.41, 5.74) is 2.87. The minimum Gasteiger partial charge on any atom is -0.493 e. The van der Waals surface area contributed by atoms with E-state index in [9.17, 15) is 19.7 Å². The number of nitro groups is 1. The number of Topliss-reactive ketones (excluding diaryl/α,β-unsaturated/α-hetero) is 1. The van der Waals surface area contributed by atoms with E-state index < -0.39 is 10.8 Å². The van der Waals surface area contributed by atoms with E-state index in [2.05, 4.69) is 5.32 Å². The molecular formula is C23H22N2O6. The Balaban J connectivity index is 1.67. The van der Waals surface area contributed by atoms with Crippen LogP contribution < -0.4 is 14.8 Å². The van der Waals surface area contributed by atoms with E-state index in [4.69, 9.17) is 9.47 Å². The lowest BCUT2D eigenvalue weighted by molar-refractivity contribution is -0.384. The average Bonchev–Trinajstić information content (AvgIpc) is 2.77. The van der Waals surface area contributed by atoms with Crippen molar-refractivity contribution in [2.24, 2.45) is 0 Å². The molecule has 4 rings (SSSR count). The number of hydrogen-bond acceptors (Lipinski definition) is 6. The zero-order valence-corrected chi connectivity index (χ0v) is 17.2. The number of nitrogens with one attached hydrogen (secondary N) is 1. The van der Waals surface area contributed by atoms with Crippen LogP contribution in [0.5, 0.6) is 11.5 Å². The van der Waals surface area contributed by atoms with Crippen molar-refractivity contribution in [3.05, 3.63) is 75.0 Å². The Hall–Kier alpha value is -3.68. The van der Waals surface area contributed by atoms with Gasteiger partial charge in [0, 0.05) is 42.2 Å². The summed E-state index contributed by atoms with van der Waals surface area (Å²) in [5.74, 6) is 0.513. The van der Waals surface area contributed by atoms with E-state index in [-0.39, 0.29) is 29.7 Å². The van der Waals surface area contributed by atoms with Crippen LogP contribution in [0.4, 0.5) is 5.69 Å². The van der Waals surface area contributed by atoms with Gasteiger partial charge in [-0.2, -0.15) is 0 Å². The molecule has 2 atom stereocenters. The molecule has 0 saturated carbocycles. The van der Waals surface area contributed by atoms with Crippen molar-refractivity contribution < 1.29 is 24.0 Å². The first-order valence-electron chi connectivity index (χ1n) is 9.93. The Labute approximate surface area is 179 Å². The summed E-state index contributed by atoms with van der Waals surface area (Å²) in [7, 11) is 3.12. The smallest absolute Gasteiger partial charge is 0.269 e. The molecule has 1 heterocycles. The van der Waals surface area contributed by atoms with Crippen LogP contribution in [0.2, 0.25) is 0 Å². The van der Waals surface area contributed by atoms with E-state index >= 15 is 0 Å². The SMILES string of the molecule is COc1ccc([C@H]2CC(=O)C3=C(C2)NC(=O)C[C@H]3c2ccc([N+](=O)[O-])cc2)cc1OC. The van der Waals surface area contributed by atoms with Crippen molar-refractivity contribution in [2.75, 3.05) is 14.2 Å². The van der Waals surface area contributed by atoms with Crippen molar-refractivity contribution in [1.29, 1.82) is 0 Å². The standard InChI is InChI=1S/C23H22N2O6/c1-30-20-8-5-14(11-21(20)31-2)15-9-18-23(19(26)10-15)17(12-22(27)24-18)13-3-6-16(7-4-13)25(28)29/h3-8,11,15,17H,9-10,12H2,1-2H3,(H,24,27)/t15-,17+/m1/s1. The molecule has 0 fully saturated rings. The maximum absolute atomic E-state index is 13.2. The minimum absolute atomic E-state index is 0.0237. The highest BCUT2D eigenvalue weighted by atomic mass is 16.6. The lowest BCUT2D eigenvalue weighted by atomic mass is 9.73. The Morgan fingerprint density at radius 2 is 1.61 bits per heavy atom. The second-order valence-corrected chi connectivity index (χ2v) is 7.69. The topological polar surface area (TPSA) is 108 Å². The number of rotatable bonds is 5. The summed E-state index contributed by atoms with van der Waals surface area (Å²) < 4.78 is 10.7. The summed E-state index contributed by atoms with van der Waals surface area (Å²) in [6.45, 7) is 0.